The molecule has 0 fully saturated rings. The molecule has 78 valence electrons. The number of hydrogen-bond acceptors (Lipinski definition) is 6. The van der Waals surface area contributed by atoms with Crippen LogP contribution in [0, 0.1) is 20.2 Å². The molecule has 1 N–H and O–H groups in total. The topological polar surface area (TPSA) is 136 Å². The molecule has 0 saturated carbocycles. The van der Waals surface area contributed by atoms with Gasteiger partial charge in [0.2, 0.25) is 0 Å². The summed E-state index contributed by atoms with van der Waals surface area (Å²) in [6, 6.07) is 1.30. The van der Waals surface area contributed by atoms with Crippen LogP contribution in [0.1, 0.15) is 10.4 Å². The van der Waals surface area contributed by atoms with Crippen molar-refractivity contribution < 1.29 is 19.7 Å². The van der Waals surface area contributed by atoms with E-state index in [0.717, 1.165) is 0 Å². The number of hydrogen-bond donors (Lipinski definition) is 1. The van der Waals surface area contributed by atoms with Gasteiger partial charge in [-0.05, 0) is 9.85 Å². The van der Waals surface area contributed by atoms with Gasteiger partial charge in [-0.3, -0.25) is 0 Å². The molecule has 0 aliphatic rings. The highest BCUT2D eigenvalue weighted by atomic mass is 16.6. The van der Waals surface area contributed by atoms with Crippen molar-refractivity contribution in [2.24, 2.45) is 0 Å². The van der Waals surface area contributed by atoms with E-state index in [2.05, 4.69) is 4.98 Å². The lowest BCUT2D eigenvalue weighted by Gasteiger charge is -1.97. The number of nitrogens with zero attached hydrogens (tertiary/aromatic N) is 3. The summed E-state index contributed by atoms with van der Waals surface area (Å²) in [4.78, 5) is 32.1. The minimum absolute atomic E-state index is 0.552. The molecule has 0 spiro atoms. The number of rotatable bonds is 3. The number of pyridine rings is 1. The summed E-state index contributed by atoms with van der Waals surface area (Å²) < 4.78 is 0. The molecule has 1 rings (SSSR count). The Labute approximate surface area is 81.3 Å². The van der Waals surface area contributed by atoms with Gasteiger partial charge in [-0.15, -0.1) is 0 Å². The second-order valence-electron chi connectivity index (χ2n) is 2.39. The van der Waals surface area contributed by atoms with Crippen molar-refractivity contribution in [3.8, 4) is 0 Å². The molecule has 15 heavy (non-hydrogen) atoms. The predicted octanol–water partition coefficient (Wildman–Crippen LogP) is 0.596. The van der Waals surface area contributed by atoms with Gasteiger partial charge in [0, 0.05) is 4.98 Å². The molecule has 0 aliphatic carbocycles. The van der Waals surface area contributed by atoms with Crippen LogP contribution >= 0.6 is 0 Å². The molecular formula is C6H3N3O6. The first kappa shape index (κ1) is 10.5. The predicted molar refractivity (Wildman–Crippen MR) is 44.5 cm³/mol. The Balaban J connectivity index is 3.39. The molecular weight excluding hydrogens is 210 g/mol. The Hall–Kier alpha value is -2.58. The van der Waals surface area contributed by atoms with Gasteiger partial charge in [0.1, 0.15) is 0 Å². The normalized spacial score (nSPS) is 9.60. The fraction of sp³-hybridized carbons (Fsp3) is 0. The summed E-state index contributed by atoms with van der Waals surface area (Å²) in [5, 5.41) is 29.1. The molecule has 9 nitrogen and oxygen atoms in total. The van der Waals surface area contributed by atoms with E-state index in [4.69, 9.17) is 5.11 Å². The smallest absolute Gasteiger partial charge is 0.369 e. The Morgan fingerprint density at radius 3 is 1.87 bits per heavy atom. The fourth-order valence-corrected chi connectivity index (χ4v) is 0.812. The van der Waals surface area contributed by atoms with Gasteiger partial charge in [-0.1, -0.05) is 0 Å². The third-order valence-electron chi connectivity index (χ3n) is 1.42. The van der Waals surface area contributed by atoms with Crippen LogP contribution in [-0.4, -0.2) is 25.9 Å². The van der Waals surface area contributed by atoms with Crippen LogP contribution in [0.25, 0.3) is 0 Å². The molecule has 0 aromatic carbocycles. The molecule has 0 atom stereocenters. The van der Waals surface area contributed by atoms with Crippen LogP contribution in [0.5, 0.6) is 0 Å². The van der Waals surface area contributed by atoms with Gasteiger partial charge < -0.3 is 25.3 Å². The van der Waals surface area contributed by atoms with E-state index in [1.54, 1.807) is 0 Å². The average molecular weight is 213 g/mol. The van der Waals surface area contributed by atoms with Crippen molar-refractivity contribution in [2.45, 2.75) is 0 Å². The second kappa shape index (κ2) is 3.65. The highest BCUT2D eigenvalue weighted by Gasteiger charge is 2.20. The summed E-state index contributed by atoms with van der Waals surface area (Å²) in [7, 11) is 0. The van der Waals surface area contributed by atoms with E-state index < -0.39 is 33.0 Å². The van der Waals surface area contributed by atoms with Gasteiger partial charge in [0.15, 0.2) is 0 Å². The number of nitro groups is 2. The third kappa shape index (κ3) is 2.21. The first-order valence-corrected chi connectivity index (χ1v) is 3.46. The Kier molecular flexibility index (Phi) is 2.56. The quantitative estimate of drug-likeness (QED) is 0.572. The zero-order valence-electron chi connectivity index (χ0n) is 6.98. The molecule has 0 unspecified atom stereocenters. The van der Waals surface area contributed by atoms with E-state index in [0.29, 0.717) is 12.1 Å². The molecule has 9 heteroatoms. The maximum absolute atomic E-state index is 10.5. The van der Waals surface area contributed by atoms with Gasteiger partial charge in [-0.25, -0.2) is 4.79 Å². The van der Waals surface area contributed by atoms with Crippen molar-refractivity contribution in [1.29, 1.82) is 0 Å². The number of carboxylic acids is 1. The lowest BCUT2D eigenvalue weighted by atomic mass is 10.2. The lowest BCUT2D eigenvalue weighted by Crippen LogP contribution is -2.03. The van der Waals surface area contributed by atoms with Gasteiger partial charge in [0.25, 0.3) is 0 Å². The van der Waals surface area contributed by atoms with Crippen LogP contribution < -0.4 is 0 Å². The highest BCUT2D eigenvalue weighted by Crippen LogP contribution is 2.17. The minimum atomic E-state index is -1.50. The molecule has 0 saturated heterocycles. The maximum Gasteiger partial charge on any atom is 0.369 e. The van der Waals surface area contributed by atoms with E-state index >= 15 is 0 Å². The third-order valence-corrected chi connectivity index (χ3v) is 1.42. The highest BCUT2D eigenvalue weighted by molar-refractivity contribution is 5.88. The molecule has 1 heterocycles. The van der Waals surface area contributed by atoms with E-state index in [1.165, 1.54) is 0 Å². The first-order chi connectivity index (χ1) is 6.91. The molecule has 0 amide bonds. The summed E-state index contributed by atoms with van der Waals surface area (Å²) in [5.74, 6) is -3.24. The number of aromatic carboxylic acids is 1. The fourth-order valence-electron chi connectivity index (χ4n) is 0.812. The van der Waals surface area contributed by atoms with E-state index in [9.17, 15) is 25.0 Å². The molecule has 0 bridgehead atoms. The van der Waals surface area contributed by atoms with Crippen molar-refractivity contribution >= 4 is 17.6 Å². The average Bonchev–Trinajstić information content (AvgIpc) is 2.16. The van der Waals surface area contributed by atoms with Crippen LogP contribution in [0.2, 0.25) is 0 Å². The lowest BCUT2D eigenvalue weighted by molar-refractivity contribution is -0.403. The standard InChI is InChI=1S/C6H3N3O6/c10-6(11)3-1-4(8(12)13)7-5(2-3)9(14)15/h1-2H,(H,10,11). The molecule has 0 radical (unpaired) electrons. The Bertz CT molecular complexity index is 377. The second-order valence-corrected chi connectivity index (χ2v) is 2.39. The maximum atomic E-state index is 10.5. The minimum Gasteiger partial charge on any atom is -0.478 e. The SMILES string of the molecule is O=C(O)c1cc([N+](=O)[O-])nc([N+](=O)[O-])c1. The van der Waals surface area contributed by atoms with E-state index in [1.807, 2.05) is 0 Å². The number of carbonyl (C=O) groups is 1. The Morgan fingerprint density at radius 1 is 1.20 bits per heavy atom. The Morgan fingerprint density at radius 2 is 1.60 bits per heavy atom. The van der Waals surface area contributed by atoms with Crippen molar-refractivity contribution in [3.05, 3.63) is 37.9 Å². The van der Waals surface area contributed by atoms with Gasteiger partial charge in [0.05, 0.1) is 17.7 Å². The zero-order chi connectivity index (χ0) is 11.6. The van der Waals surface area contributed by atoms with Crippen molar-refractivity contribution in [1.82, 2.24) is 4.98 Å². The largest absolute Gasteiger partial charge is 0.478 e. The summed E-state index contributed by atoms with van der Waals surface area (Å²) in [6.07, 6.45) is 0. The van der Waals surface area contributed by atoms with Crippen molar-refractivity contribution in [2.75, 3.05) is 0 Å². The number of aromatic nitrogens is 1. The van der Waals surface area contributed by atoms with Crippen molar-refractivity contribution in [3.63, 3.8) is 0 Å². The number of carboxylic acid groups (broad SMARTS) is 1. The van der Waals surface area contributed by atoms with E-state index in [-0.39, 0.29) is 0 Å². The summed E-state index contributed by atoms with van der Waals surface area (Å²) in [6.45, 7) is 0. The molecule has 1 aromatic heterocycles. The first-order valence-electron chi connectivity index (χ1n) is 3.46. The summed E-state index contributed by atoms with van der Waals surface area (Å²) in [5.41, 5.74) is -0.552. The zero-order valence-corrected chi connectivity index (χ0v) is 6.98. The van der Waals surface area contributed by atoms with Gasteiger partial charge >= 0.3 is 17.6 Å². The molecule has 0 aliphatic heterocycles. The van der Waals surface area contributed by atoms with Crippen LogP contribution in [0.3, 0.4) is 0 Å². The van der Waals surface area contributed by atoms with Crippen LogP contribution in [0.4, 0.5) is 11.6 Å². The summed E-state index contributed by atoms with van der Waals surface area (Å²) >= 11 is 0. The molecule has 1 aromatic rings. The monoisotopic (exact) mass is 213 g/mol. The van der Waals surface area contributed by atoms with Crippen LogP contribution in [-0.2, 0) is 0 Å². The van der Waals surface area contributed by atoms with Crippen LogP contribution in [0.15, 0.2) is 12.1 Å². The van der Waals surface area contributed by atoms with Gasteiger partial charge in [-0.2, -0.15) is 0 Å².